The van der Waals surface area contributed by atoms with Crippen LogP contribution in [0.3, 0.4) is 0 Å². The average molecular weight is 316 g/mol. The molecule has 1 rings (SSSR count). The predicted molar refractivity (Wildman–Crippen MR) is 82.7 cm³/mol. The van der Waals surface area contributed by atoms with Gasteiger partial charge in [0.15, 0.2) is 5.78 Å². The van der Waals surface area contributed by atoms with Crippen LogP contribution in [-0.2, 0) is 4.79 Å². The van der Waals surface area contributed by atoms with Gasteiger partial charge >= 0.3 is 0 Å². The molecule has 1 atom stereocenters. The lowest BCUT2D eigenvalue weighted by Gasteiger charge is -2.27. The number of amides is 1. The number of hydrogen-bond donors (Lipinski definition) is 1. The van der Waals surface area contributed by atoms with Gasteiger partial charge in [0.25, 0.3) is 5.91 Å². The van der Waals surface area contributed by atoms with Crippen molar-refractivity contribution in [3.63, 3.8) is 0 Å². The summed E-state index contributed by atoms with van der Waals surface area (Å²) in [6.07, 6.45) is 0.902. The lowest BCUT2D eigenvalue weighted by atomic mass is 9.91. The van der Waals surface area contributed by atoms with E-state index in [9.17, 15) is 9.59 Å². The van der Waals surface area contributed by atoms with Gasteiger partial charge in [-0.2, -0.15) is 0 Å². The summed E-state index contributed by atoms with van der Waals surface area (Å²) in [5.41, 5.74) is 0.220. The summed E-state index contributed by atoms with van der Waals surface area (Å²) < 4.78 is 0. The normalized spacial score (nSPS) is 13.7. The van der Waals surface area contributed by atoms with Gasteiger partial charge in [0.2, 0.25) is 0 Å². The van der Waals surface area contributed by atoms with Gasteiger partial charge in [-0.1, -0.05) is 37.0 Å². The van der Waals surface area contributed by atoms with Crippen LogP contribution in [0.15, 0.2) is 12.1 Å². The Kier molecular flexibility index (Phi) is 5.60. The number of rotatable bonds is 5. The number of carbonyl (C=O) groups excluding carboxylic acids is 2. The van der Waals surface area contributed by atoms with E-state index in [2.05, 4.69) is 5.32 Å². The Labute approximate surface area is 129 Å². The Hall–Kier alpha value is -1.06. The fourth-order valence-electron chi connectivity index (χ4n) is 1.84. The van der Waals surface area contributed by atoms with E-state index in [-0.39, 0.29) is 11.7 Å². The molecule has 5 heteroatoms. The van der Waals surface area contributed by atoms with Crippen LogP contribution in [0.5, 0.6) is 0 Å². The Morgan fingerprint density at radius 3 is 2.10 bits per heavy atom. The molecule has 0 aliphatic heterocycles. The van der Waals surface area contributed by atoms with Crippen molar-refractivity contribution < 1.29 is 9.59 Å². The molecule has 0 aliphatic rings. The highest BCUT2D eigenvalue weighted by Gasteiger charge is 2.31. The SMILES string of the molecule is CCC(=O)C(C)(CC)NC(=O)c1cc(Cl)c(C)c(Cl)c1. The number of halogens is 2. The van der Waals surface area contributed by atoms with E-state index in [1.165, 1.54) is 0 Å². The third-order valence-electron chi connectivity index (χ3n) is 3.58. The first kappa shape index (κ1) is 17.0. The standard InChI is InChI=1S/C15H19Cl2NO2/c1-5-13(19)15(4,6-2)18-14(20)10-7-11(16)9(3)12(17)8-10/h7-8H,5-6H2,1-4H3,(H,18,20). The number of hydrogen-bond acceptors (Lipinski definition) is 2. The Morgan fingerprint density at radius 1 is 1.20 bits per heavy atom. The highest BCUT2D eigenvalue weighted by Crippen LogP contribution is 2.26. The largest absolute Gasteiger partial charge is 0.340 e. The summed E-state index contributed by atoms with van der Waals surface area (Å²) in [5.74, 6) is -0.349. The van der Waals surface area contributed by atoms with Crippen molar-refractivity contribution in [2.24, 2.45) is 0 Å². The number of carbonyl (C=O) groups is 2. The van der Waals surface area contributed by atoms with E-state index in [1.807, 2.05) is 6.92 Å². The third kappa shape index (κ3) is 3.53. The van der Waals surface area contributed by atoms with Crippen LogP contribution in [0.2, 0.25) is 10.0 Å². The molecule has 0 fully saturated rings. The van der Waals surface area contributed by atoms with E-state index in [0.717, 1.165) is 5.56 Å². The monoisotopic (exact) mass is 315 g/mol. The summed E-state index contributed by atoms with van der Waals surface area (Å²) in [7, 11) is 0. The average Bonchev–Trinajstić information content (AvgIpc) is 2.42. The van der Waals surface area contributed by atoms with Gasteiger partial charge in [0.05, 0.1) is 5.54 Å². The summed E-state index contributed by atoms with van der Waals surface area (Å²) in [5, 5.41) is 3.64. The number of benzene rings is 1. The van der Waals surface area contributed by atoms with Crippen molar-refractivity contribution in [3.05, 3.63) is 33.3 Å². The van der Waals surface area contributed by atoms with E-state index in [0.29, 0.717) is 28.5 Å². The lowest BCUT2D eigenvalue weighted by Crippen LogP contribution is -2.51. The van der Waals surface area contributed by atoms with Gasteiger partial charge in [-0.3, -0.25) is 9.59 Å². The zero-order chi connectivity index (χ0) is 15.5. The maximum atomic E-state index is 12.3. The number of nitrogens with one attached hydrogen (secondary N) is 1. The van der Waals surface area contributed by atoms with Crippen molar-refractivity contribution in [3.8, 4) is 0 Å². The minimum atomic E-state index is -0.865. The third-order valence-corrected chi connectivity index (χ3v) is 4.36. The maximum Gasteiger partial charge on any atom is 0.252 e. The molecule has 1 N–H and O–H groups in total. The number of Topliss-reactive ketones (excluding diaryl/α,β-unsaturated/α-hetero) is 1. The van der Waals surface area contributed by atoms with Crippen LogP contribution in [0.4, 0.5) is 0 Å². The van der Waals surface area contributed by atoms with Crippen molar-refractivity contribution in [2.75, 3.05) is 0 Å². The van der Waals surface area contributed by atoms with E-state index in [4.69, 9.17) is 23.2 Å². The Bertz CT molecular complexity index is 520. The fraction of sp³-hybridized carbons (Fsp3) is 0.467. The molecule has 0 aromatic heterocycles. The van der Waals surface area contributed by atoms with Crippen LogP contribution in [0.1, 0.15) is 49.5 Å². The van der Waals surface area contributed by atoms with Crippen molar-refractivity contribution >= 4 is 34.9 Å². The van der Waals surface area contributed by atoms with Crippen LogP contribution in [-0.4, -0.2) is 17.2 Å². The smallest absolute Gasteiger partial charge is 0.252 e. The van der Waals surface area contributed by atoms with Crippen LogP contribution >= 0.6 is 23.2 Å². The molecule has 20 heavy (non-hydrogen) atoms. The van der Waals surface area contributed by atoms with Gasteiger partial charge in [-0.25, -0.2) is 0 Å². The molecule has 110 valence electrons. The zero-order valence-electron chi connectivity index (χ0n) is 12.1. The molecule has 1 aromatic carbocycles. The molecule has 0 saturated heterocycles. The molecule has 1 aromatic rings. The minimum Gasteiger partial charge on any atom is -0.340 e. The van der Waals surface area contributed by atoms with Crippen molar-refractivity contribution in [1.82, 2.24) is 5.32 Å². The topological polar surface area (TPSA) is 46.2 Å². The minimum absolute atomic E-state index is 0.00217. The predicted octanol–water partition coefficient (Wildman–Crippen LogP) is 4.18. The van der Waals surface area contributed by atoms with Gasteiger partial charge < -0.3 is 5.32 Å². The first-order valence-electron chi connectivity index (χ1n) is 6.56. The first-order chi connectivity index (χ1) is 9.25. The Balaban J connectivity index is 3.05. The molecule has 0 spiro atoms. The fourth-order valence-corrected chi connectivity index (χ4v) is 2.33. The summed E-state index contributed by atoms with van der Waals surface area (Å²) in [6.45, 7) is 7.15. The van der Waals surface area contributed by atoms with Crippen LogP contribution in [0.25, 0.3) is 0 Å². The molecule has 1 amide bonds. The lowest BCUT2D eigenvalue weighted by molar-refractivity contribution is -0.124. The van der Waals surface area contributed by atoms with Gasteiger partial charge in [0, 0.05) is 22.0 Å². The second-order valence-electron chi connectivity index (χ2n) is 4.98. The molecular weight excluding hydrogens is 297 g/mol. The second-order valence-corrected chi connectivity index (χ2v) is 5.80. The molecule has 0 aliphatic carbocycles. The maximum absolute atomic E-state index is 12.3. The quantitative estimate of drug-likeness (QED) is 0.886. The van der Waals surface area contributed by atoms with Crippen LogP contribution < -0.4 is 5.32 Å². The van der Waals surface area contributed by atoms with E-state index < -0.39 is 5.54 Å². The molecule has 0 radical (unpaired) electrons. The zero-order valence-corrected chi connectivity index (χ0v) is 13.7. The summed E-state index contributed by atoms with van der Waals surface area (Å²) in [4.78, 5) is 24.2. The second kappa shape index (κ2) is 6.59. The van der Waals surface area contributed by atoms with Gasteiger partial charge in [0.1, 0.15) is 0 Å². The molecule has 0 heterocycles. The molecule has 1 unspecified atom stereocenters. The van der Waals surface area contributed by atoms with Crippen LogP contribution in [0, 0.1) is 6.92 Å². The highest BCUT2D eigenvalue weighted by atomic mass is 35.5. The van der Waals surface area contributed by atoms with Gasteiger partial charge in [-0.05, 0) is 38.0 Å². The summed E-state index contributed by atoms with van der Waals surface area (Å²) in [6, 6.07) is 3.12. The molecule has 0 saturated carbocycles. The Morgan fingerprint density at radius 2 is 1.70 bits per heavy atom. The first-order valence-corrected chi connectivity index (χ1v) is 7.32. The van der Waals surface area contributed by atoms with Gasteiger partial charge in [-0.15, -0.1) is 0 Å². The van der Waals surface area contributed by atoms with Crippen molar-refractivity contribution in [1.29, 1.82) is 0 Å². The molecule has 3 nitrogen and oxygen atoms in total. The summed E-state index contributed by atoms with van der Waals surface area (Å²) >= 11 is 12.1. The van der Waals surface area contributed by atoms with E-state index >= 15 is 0 Å². The molecule has 0 bridgehead atoms. The number of ketones is 1. The van der Waals surface area contributed by atoms with E-state index in [1.54, 1.807) is 32.9 Å². The molecular formula is C15H19Cl2NO2. The van der Waals surface area contributed by atoms with Crippen molar-refractivity contribution in [2.45, 2.75) is 46.1 Å². The highest BCUT2D eigenvalue weighted by molar-refractivity contribution is 6.36.